The van der Waals surface area contributed by atoms with E-state index in [1.54, 1.807) is 7.11 Å². The van der Waals surface area contributed by atoms with Gasteiger partial charge < -0.3 is 4.74 Å². The van der Waals surface area contributed by atoms with Crippen LogP contribution in [-0.2, 0) is 4.74 Å². The highest BCUT2D eigenvalue weighted by molar-refractivity contribution is 4.94. The molecule has 1 saturated carbocycles. The Balaban J connectivity index is 2.46. The third-order valence-electron chi connectivity index (χ3n) is 3.07. The van der Waals surface area contributed by atoms with Gasteiger partial charge in [0.25, 0.3) is 0 Å². The zero-order valence-electron chi connectivity index (χ0n) is 9.36. The van der Waals surface area contributed by atoms with Crippen LogP contribution in [0.5, 0.6) is 0 Å². The van der Waals surface area contributed by atoms with E-state index in [-0.39, 0.29) is 6.04 Å². The molecule has 0 aromatic carbocycles. The molecule has 1 rings (SSSR count). The monoisotopic (exact) mass is 196 g/mol. The van der Waals surface area contributed by atoms with E-state index in [0.29, 0.717) is 12.6 Å². The SMILES string of the molecule is COCCN(C(C)C#N)C(C)C1CC1. The fourth-order valence-corrected chi connectivity index (χ4v) is 1.87. The summed E-state index contributed by atoms with van der Waals surface area (Å²) in [6, 6.07) is 2.84. The van der Waals surface area contributed by atoms with Gasteiger partial charge in [0.2, 0.25) is 0 Å². The molecule has 0 spiro atoms. The molecule has 0 N–H and O–H groups in total. The Kier molecular flexibility index (Phi) is 4.37. The molecule has 2 unspecified atom stereocenters. The molecule has 0 aromatic heterocycles. The smallest absolute Gasteiger partial charge is 0.0952 e. The van der Waals surface area contributed by atoms with Crippen LogP contribution in [-0.4, -0.2) is 37.2 Å². The Morgan fingerprint density at radius 2 is 2.14 bits per heavy atom. The highest BCUT2D eigenvalue weighted by Gasteiger charge is 2.33. The fourth-order valence-electron chi connectivity index (χ4n) is 1.87. The Labute approximate surface area is 86.6 Å². The number of nitriles is 1. The largest absolute Gasteiger partial charge is 0.383 e. The maximum Gasteiger partial charge on any atom is 0.0952 e. The molecule has 1 aliphatic carbocycles. The fraction of sp³-hybridized carbons (Fsp3) is 0.909. The summed E-state index contributed by atoms with van der Waals surface area (Å²) in [6.07, 6.45) is 2.64. The van der Waals surface area contributed by atoms with Crippen LogP contribution >= 0.6 is 0 Å². The predicted molar refractivity (Wildman–Crippen MR) is 55.8 cm³/mol. The van der Waals surface area contributed by atoms with Crippen LogP contribution in [0.4, 0.5) is 0 Å². The molecular formula is C11H20N2O. The number of ether oxygens (including phenoxy) is 1. The molecule has 0 heterocycles. The summed E-state index contributed by atoms with van der Waals surface area (Å²) < 4.78 is 5.07. The number of hydrogen-bond acceptors (Lipinski definition) is 3. The molecule has 14 heavy (non-hydrogen) atoms. The van der Waals surface area contributed by atoms with E-state index in [4.69, 9.17) is 10.00 Å². The first-order valence-corrected chi connectivity index (χ1v) is 5.35. The van der Waals surface area contributed by atoms with Gasteiger partial charge in [-0.2, -0.15) is 5.26 Å². The van der Waals surface area contributed by atoms with E-state index in [1.165, 1.54) is 12.8 Å². The highest BCUT2D eigenvalue weighted by atomic mass is 16.5. The Hall–Kier alpha value is -0.590. The summed E-state index contributed by atoms with van der Waals surface area (Å²) >= 11 is 0. The van der Waals surface area contributed by atoms with Crippen LogP contribution in [0.3, 0.4) is 0 Å². The van der Waals surface area contributed by atoms with Crippen molar-refractivity contribution in [2.45, 2.75) is 38.8 Å². The van der Waals surface area contributed by atoms with Crippen LogP contribution in [0.15, 0.2) is 0 Å². The average molecular weight is 196 g/mol. The van der Waals surface area contributed by atoms with Crippen LogP contribution in [0.2, 0.25) is 0 Å². The zero-order valence-corrected chi connectivity index (χ0v) is 9.36. The van der Waals surface area contributed by atoms with E-state index in [1.807, 2.05) is 6.92 Å². The Bertz CT molecular complexity index is 208. The van der Waals surface area contributed by atoms with E-state index in [0.717, 1.165) is 12.5 Å². The summed E-state index contributed by atoms with van der Waals surface area (Å²) in [6.45, 7) is 5.77. The average Bonchev–Trinajstić information content (AvgIpc) is 3.00. The van der Waals surface area contributed by atoms with Crippen molar-refractivity contribution >= 4 is 0 Å². The first kappa shape index (κ1) is 11.5. The van der Waals surface area contributed by atoms with E-state index in [2.05, 4.69) is 17.9 Å². The standard InChI is InChI=1S/C11H20N2O/c1-9(8-12)13(6-7-14-3)10(2)11-4-5-11/h9-11H,4-7H2,1-3H3. The van der Waals surface area contributed by atoms with Crippen LogP contribution in [0, 0.1) is 17.2 Å². The molecule has 80 valence electrons. The lowest BCUT2D eigenvalue weighted by Gasteiger charge is -2.30. The van der Waals surface area contributed by atoms with Crippen LogP contribution in [0.25, 0.3) is 0 Å². The van der Waals surface area contributed by atoms with E-state index >= 15 is 0 Å². The first-order chi connectivity index (χ1) is 6.70. The minimum atomic E-state index is 0.000694. The van der Waals surface area contributed by atoms with Crippen molar-refractivity contribution in [1.82, 2.24) is 4.90 Å². The lowest BCUT2D eigenvalue weighted by Crippen LogP contribution is -2.42. The van der Waals surface area contributed by atoms with Gasteiger partial charge >= 0.3 is 0 Å². The van der Waals surface area contributed by atoms with E-state index < -0.39 is 0 Å². The normalized spacial score (nSPS) is 20.5. The van der Waals surface area contributed by atoms with Gasteiger partial charge in [-0.15, -0.1) is 0 Å². The second-order valence-corrected chi connectivity index (χ2v) is 4.11. The summed E-state index contributed by atoms with van der Waals surface area (Å²) in [5, 5.41) is 8.92. The topological polar surface area (TPSA) is 36.3 Å². The minimum Gasteiger partial charge on any atom is -0.383 e. The second kappa shape index (κ2) is 5.33. The second-order valence-electron chi connectivity index (χ2n) is 4.11. The van der Waals surface area contributed by atoms with Crippen molar-refractivity contribution in [2.24, 2.45) is 5.92 Å². The molecular weight excluding hydrogens is 176 g/mol. The number of rotatable bonds is 6. The summed E-state index contributed by atoms with van der Waals surface area (Å²) in [4.78, 5) is 2.25. The van der Waals surface area contributed by atoms with E-state index in [9.17, 15) is 0 Å². The molecule has 1 aliphatic rings. The van der Waals surface area contributed by atoms with Gasteiger partial charge in [-0.05, 0) is 32.6 Å². The maximum absolute atomic E-state index is 8.92. The lowest BCUT2D eigenvalue weighted by atomic mass is 10.1. The van der Waals surface area contributed by atoms with Crippen molar-refractivity contribution in [3.05, 3.63) is 0 Å². The molecule has 0 aliphatic heterocycles. The van der Waals surface area contributed by atoms with Gasteiger partial charge in [0.05, 0.1) is 18.7 Å². The summed E-state index contributed by atoms with van der Waals surface area (Å²) in [5.41, 5.74) is 0. The quantitative estimate of drug-likeness (QED) is 0.648. The highest BCUT2D eigenvalue weighted by Crippen LogP contribution is 2.35. The zero-order chi connectivity index (χ0) is 10.6. The van der Waals surface area contributed by atoms with Gasteiger partial charge in [0.15, 0.2) is 0 Å². The molecule has 2 atom stereocenters. The first-order valence-electron chi connectivity index (χ1n) is 5.35. The molecule has 0 amide bonds. The van der Waals surface area contributed by atoms with Crippen molar-refractivity contribution in [1.29, 1.82) is 5.26 Å². The molecule has 0 bridgehead atoms. The molecule has 0 aromatic rings. The summed E-state index contributed by atoms with van der Waals surface area (Å²) in [7, 11) is 1.71. The molecule has 3 nitrogen and oxygen atoms in total. The number of methoxy groups -OCH3 is 1. The third kappa shape index (κ3) is 2.97. The van der Waals surface area contributed by atoms with Crippen molar-refractivity contribution in [3.63, 3.8) is 0 Å². The van der Waals surface area contributed by atoms with Gasteiger partial charge in [0, 0.05) is 19.7 Å². The van der Waals surface area contributed by atoms with Gasteiger partial charge in [0.1, 0.15) is 0 Å². The predicted octanol–water partition coefficient (Wildman–Crippen LogP) is 1.65. The van der Waals surface area contributed by atoms with Crippen molar-refractivity contribution in [3.8, 4) is 6.07 Å². The van der Waals surface area contributed by atoms with Crippen molar-refractivity contribution in [2.75, 3.05) is 20.3 Å². The number of nitrogens with zero attached hydrogens (tertiary/aromatic N) is 2. The van der Waals surface area contributed by atoms with Gasteiger partial charge in [-0.3, -0.25) is 4.90 Å². The Morgan fingerprint density at radius 3 is 2.57 bits per heavy atom. The van der Waals surface area contributed by atoms with Crippen molar-refractivity contribution < 1.29 is 4.74 Å². The molecule has 0 radical (unpaired) electrons. The van der Waals surface area contributed by atoms with Gasteiger partial charge in [-0.25, -0.2) is 0 Å². The minimum absolute atomic E-state index is 0.000694. The maximum atomic E-state index is 8.92. The summed E-state index contributed by atoms with van der Waals surface area (Å²) in [5.74, 6) is 0.808. The molecule has 0 saturated heterocycles. The molecule has 3 heteroatoms. The third-order valence-corrected chi connectivity index (χ3v) is 3.07. The number of hydrogen-bond donors (Lipinski definition) is 0. The lowest BCUT2D eigenvalue weighted by molar-refractivity contribution is 0.104. The van der Waals surface area contributed by atoms with Crippen LogP contribution < -0.4 is 0 Å². The molecule has 1 fully saturated rings. The Morgan fingerprint density at radius 1 is 1.50 bits per heavy atom. The van der Waals surface area contributed by atoms with Crippen LogP contribution in [0.1, 0.15) is 26.7 Å². The van der Waals surface area contributed by atoms with Gasteiger partial charge in [-0.1, -0.05) is 0 Å².